The summed E-state index contributed by atoms with van der Waals surface area (Å²) in [6.45, 7) is 7.39. The Morgan fingerprint density at radius 2 is 1.82 bits per heavy atom. The standard InChI is InChI=1S/C27H37N7O5S/c1-16-13-17(2)24(18(3)14-16)40(38,39)33-22(26(36)37)15-31-25(35)20-8-5-7-19-21(32-34(4)23(19)20)9-6-10-28-27-29-11-12-30-27/h5,7-8,13-14,22,27-30,33H,6,9-12,15H2,1-4H3,(H,31,35)(H,36,37). The summed E-state index contributed by atoms with van der Waals surface area (Å²) in [6, 6.07) is 7.19. The maximum Gasteiger partial charge on any atom is 0.323 e. The minimum Gasteiger partial charge on any atom is -0.480 e. The molecular formula is C27H37N7O5S. The smallest absolute Gasteiger partial charge is 0.323 e. The molecule has 2 heterocycles. The summed E-state index contributed by atoms with van der Waals surface area (Å²) in [5.41, 5.74) is 3.74. The van der Waals surface area contributed by atoms with Crippen LogP contribution in [0.5, 0.6) is 0 Å². The number of carboxylic acids is 1. The fourth-order valence-electron chi connectivity index (χ4n) is 5.24. The molecule has 1 aromatic heterocycles. The van der Waals surface area contributed by atoms with Crippen molar-refractivity contribution < 1.29 is 23.1 Å². The Hall–Kier alpha value is -3.36. The number of nitrogens with one attached hydrogen (secondary N) is 5. The summed E-state index contributed by atoms with van der Waals surface area (Å²) in [4.78, 5) is 25.2. The van der Waals surface area contributed by atoms with Crippen LogP contribution >= 0.6 is 0 Å². The molecule has 0 aliphatic carbocycles. The Morgan fingerprint density at radius 3 is 2.48 bits per heavy atom. The molecule has 0 bridgehead atoms. The van der Waals surface area contributed by atoms with Crippen LogP contribution in [-0.2, 0) is 28.3 Å². The van der Waals surface area contributed by atoms with Gasteiger partial charge in [0.1, 0.15) is 12.3 Å². The number of carbonyl (C=O) groups excluding carboxylic acids is 1. The van der Waals surface area contributed by atoms with E-state index in [1.807, 2.05) is 13.0 Å². The Balaban J connectivity index is 1.45. The van der Waals surface area contributed by atoms with Crippen molar-refractivity contribution in [2.45, 2.75) is 50.8 Å². The van der Waals surface area contributed by atoms with Crippen molar-refractivity contribution in [1.29, 1.82) is 0 Å². The molecule has 2 aromatic carbocycles. The second-order valence-electron chi connectivity index (χ2n) is 10.1. The number of nitrogens with zero attached hydrogens (tertiary/aromatic N) is 2. The van der Waals surface area contributed by atoms with E-state index in [1.54, 1.807) is 49.8 Å². The summed E-state index contributed by atoms with van der Waals surface area (Å²) in [5.74, 6) is -1.92. The highest BCUT2D eigenvalue weighted by molar-refractivity contribution is 7.89. The summed E-state index contributed by atoms with van der Waals surface area (Å²) in [6.07, 6.45) is 1.67. The Kier molecular flexibility index (Phi) is 9.21. The van der Waals surface area contributed by atoms with Crippen LogP contribution in [0.25, 0.3) is 10.9 Å². The number of sulfonamides is 1. The molecule has 4 rings (SSSR count). The lowest BCUT2D eigenvalue weighted by Crippen LogP contribution is -2.48. The van der Waals surface area contributed by atoms with E-state index in [2.05, 4.69) is 31.1 Å². The van der Waals surface area contributed by atoms with Gasteiger partial charge in [-0.05, 0) is 57.4 Å². The number of fused-ring (bicyclic) bond motifs is 1. The second kappa shape index (κ2) is 12.4. The molecule has 12 nitrogen and oxygen atoms in total. The van der Waals surface area contributed by atoms with Crippen molar-refractivity contribution in [2.75, 3.05) is 26.2 Å². The van der Waals surface area contributed by atoms with E-state index >= 15 is 0 Å². The van der Waals surface area contributed by atoms with Crippen LogP contribution in [0.3, 0.4) is 0 Å². The lowest BCUT2D eigenvalue weighted by Gasteiger charge is -2.18. The molecule has 3 aromatic rings. The van der Waals surface area contributed by atoms with Crippen LogP contribution in [0.1, 0.15) is 39.2 Å². The lowest BCUT2D eigenvalue weighted by molar-refractivity contribution is -0.138. The second-order valence-corrected chi connectivity index (χ2v) is 11.8. The van der Waals surface area contributed by atoms with Gasteiger partial charge in [-0.25, -0.2) is 8.42 Å². The molecule has 40 heavy (non-hydrogen) atoms. The Morgan fingerprint density at radius 1 is 1.15 bits per heavy atom. The number of aliphatic carboxylic acids is 1. The lowest BCUT2D eigenvalue weighted by atomic mass is 10.1. The van der Waals surface area contributed by atoms with Gasteiger partial charge in [0.2, 0.25) is 10.0 Å². The first-order valence-electron chi connectivity index (χ1n) is 13.2. The van der Waals surface area contributed by atoms with Crippen molar-refractivity contribution >= 4 is 32.8 Å². The minimum absolute atomic E-state index is 0.0360. The van der Waals surface area contributed by atoms with Gasteiger partial charge in [-0.2, -0.15) is 9.82 Å². The first-order chi connectivity index (χ1) is 19.0. The first-order valence-corrected chi connectivity index (χ1v) is 14.7. The topological polar surface area (TPSA) is 166 Å². The largest absolute Gasteiger partial charge is 0.480 e. The van der Waals surface area contributed by atoms with Gasteiger partial charge in [0.05, 0.1) is 21.7 Å². The number of aryl methyl sites for hydroxylation is 5. The number of carbonyl (C=O) groups is 2. The highest BCUT2D eigenvalue weighted by atomic mass is 32.2. The van der Waals surface area contributed by atoms with E-state index in [-0.39, 0.29) is 11.2 Å². The van der Waals surface area contributed by atoms with Crippen LogP contribution in [0.2, 0.25) is 0 Å². The normalized spacial score (nSPS) is 15.0. The van der Waals surface area contributed by atoms with Gasteiger partial charge >= 0.3 is 5.97 Å². The number of benzene rings is 2. The molecule has 0 spiro atoms. The molecule has 1 aliphatic heterocycles. The zero-order chi connectivity index (χ0) is 29.0. The molecule has 1 saturated heterocycles. The van der Waals surface area contributed by atoms with Crippen molar-refractivity contribution in [3.63, 3.8) is 0 Å². The van der Waals surface area contributed by atoms with Gasteiger partial charge in [0, 0.05) is 32.1 Å². The number of amides is 1. The number of hydrogen-bond donors (Lipinski definition) is 6. The average Bonchev–Trinajstić information content (AvgIpc) is 3.51. The van der Waals surface area contributed by atoms with E-state index in [9.17, 15) is 23.1 Å². The first kappa shape index (κ1) is 29.6. The zero-order valence-corrected chi connectivity index (χ0v) is 24.0. The van der Waals surface area contributed by atoms with Gasteiger partial charge in [0.25, 0.3) is 5.91 Å². The molecular weight excluding hydrogens is 534 g/mol. The van der Waals surface area contributed by atoms with E-state index in [0.717, 1.165) is 42.7 Å². The maximum atomic E-state index is 13.2. The molecule has 1 atom stereocenters. The quantitative estimate of drug-likeness (QED) is 0.171. The third kappa shape index (κ3) is 6.67. The van der Waals surface area contributed by atoms with Crippen molar-refractivity contribution in [3.05, 3.63) is 58.3 Å². The minimum atomic E-state index is -4.16. The van der Waals surface area contributed by atoms with Crippen molar-refractivity contribution in [3.8, 4) is 0 Å². The zero-order valence-electron chi connectivity index (χ0n) is 23.2. The van der Waals surface area contributed by atoms with E-state index in [0.29, 0.717) is 28.6 Å². The summed E-state index contributed by atoms with van der Waals surface area (Å²) in [5, 5.41) is 27.8. The van der Waals surface area contributed by atoms with Crippen LogP contribution in [-0.4, -0.2) is 73.7 Å². The van der Waals surface area contributed by atoms with Crippen LogP contribution in [0, 0.1) is 20.8 Å². The highest BCUT2D eigenvalue weighted by Crippen LogP contribution is 2.24. The summed E-state index contributed by atoms with van der Waals surface area (Å²) < 4.78 is 30.1. The van der Waals surface area contributed by atoms with Crippen LogP contribution in [0.4, 0.5) is 0 Å². The van der Waals surface area contributed by atoms with Crippen molar-refractivity contribution in [2.24, 2.45) is 7.05 Å². The maximum absolute atomic E-state index is 13.2. The molecule has 0 radical (unpaired) electrons. The number of aromatic nitrogens is 2. The molecule has 1 fully saturated rings. The molecule has 216 valence electrons. The predicted octanol–water partition coefficient (Wildman–Crippen LogP) is 0.659. The van der Waals surface area contributed by atoms with Gasteiger partial charge in [-0.1, -0.05) is 29.8 Å². The fourth-order valence-corrected chi connectivity index (χ4v) is 6.88. The average molecular weight is 572 g/mol. The molecule has 6 N–H and O–H groups in total. The van der Waals surface area contributed by atoms with Crippen LogP contribution in [0.15, 0.2) is 35.2 Å². The molecule has 1 unspecified atom stereocenters. The van der Waals surface area contributed by atoms with Gasteiger partial charge < -0.3 is 10.4 Å². The monoisotopic (exact) mass is 571 g/mol. The number of para-hydroxylation sites is 1. The number of rotatable bonds is 12. The Bertz CT molecular complexity index is 1490. The van der Waals surface area contributed by atoms with Gasteiger partial charge in [-0.15, -0.1) is 0 Å². The summed E-state index contributed by atoms with van der Waals surface area (Å²) >= 11 is 0. The van der Waals surface area contributed by atoms with Crippen molar-refractivity contribution in [1.82, 2.24) is 35.8 Å². The van der Waals surface area contributed by atoms with Gasteiger partial charge in [0.15, 0.2) is 0 Å². The molecule has 1 amide bonds. The van der Waals surface area contributed by atoms with E-state index in [4.69, 9.17) is 0 Å². The molecule has 0 saturated carbocycles. The Labute approximate surface area is 234 Å². The van der Waals surface area contributed by atoms with E-state index in [1.165, 1.54) is 0 Å². The third-order valence-electron chi connectivity index (χ3n) is 6.88. The number of carboxylic acid groups (broad SMARTS) is 1. The van der Waals surface area contributed by atoms with E-state index < -0.39 is 34.5 Å². The molecule has 1 aliphatic rings. The SMILES string of the molecule is Cc1cc(C)c(S(=O)(=O)NC(CNC(=O)c2cccc3c(CCCNC4NCCN4)nn(C)c23)C(=O)O)c(C)c1. The number of hydrogen-bond acceptors (Lipinski definition) is 8. The van der Waals surface area contributed by atoms with Crippen LogP contribution < -0.4 is 26.0 Å². The highest BCUT2D eigenvalue weighted by Gasteiger charge is 2.29. The summed E-state index contributed by atoms with van der Waals surface area (Å²) in [7, 11) is -2.40. The molecule has 13 heteroatoms. The third-order valence-corrected chi connectivity index (χ3v) is 8.66. The fraction of sp³-hybridized carbons (Fsp3) is 0.444. The predicted molar refractivity (Wildman–Crippen MR) is 152 cm³/mol. The van der Waals surface area contributed by atoms with Gasteiger partial charge in [-0.3, -0.25) is 30.2 Å².